The largest absolute Gasteiger partial charge is 0.396 e. The number of rotatable bonds is 5. The summed E-state index contributed by atoms with van der Waals surface area (Å²) >= 11 is 0. The molecule has 2 heterocycles. The van der Waals surface area contributed by atoms with Crippen molar-refractivity contribution >= 4 is 11.7 Å². The topological polar surface area (TPSA) is 56.7 Å². The molecule has 1 amide bonds. The number of likely N-dealkylation sites (tertiary alicyclic amines) is 1. The minimum Gasteiger partial charge on any atom is -0.396 e. The molecular weight excluding hydrogens is 254 g/mol. The smallest absolute Gasteiger partial charge is 0.254 e. The highest BCUT2D eigenvalue weighted by atomic mass is 16.3. The maximum atomic E-state index is 12.6. The van der Waals surface area contributed by atoms with Crippen LogP contribution in [-0.4, -0.2) is 54.2 Å². The quantitative estimate of drug-likeness (QED) is 0.886. The van der Waals surface area contributed by atoms with Gasteiger partial charge in [0.1, 0.15) is 5.82 Å². The van der Waals surface area contributed by atoms with Gasteiger partial charge >= 0.3 is 0 Å². The number of pyridine rings is 1. The van der Waals surface area contributed by atoms with E-state index in [1.54, 1.807) is 12.3 Å². The Kier molecular flexibility index (Phi) is 4.95. The van der Waals surface area contributed by atoms with E-state index in [2.05, 4.69) is 4.98 Å². The predicted octanol–water partition coefficient (Wildman–Crippen LogP) is 1.52. The first-order chi connectivity index (χ1) is 9.63. The Morgan fingerprint density at radius 1 is 1.55 bits per heavy atom. The van der Waals surface area contributed by atoms with Crippen LogP contribution in [0.2, 0.25) is 0 Å². The van der Waals surface area contributed by atoms with Crippen LogP contribution in [0.3, 0.4) is 0 Å². The molecule has 1 aliphatic rings. The molecule has 0 aromatic carbocycles. The Morgan fingerprint density at radius 3 is 3.05 bits per heavy atom. The van der Waals surface area contributed by atoms with Crippen molar-refractivity contribution in [3.05, 3.63) is 23.9 Å². The van der Waals surface area contributed by atoms with Crippen LogP contribution in [0.15, 0.2) is 18.3 Å². The molecule has 20 heavy (non-hydrogen) atoms. The van der Waals surface area contributed by atoms with Crippen molar-refractivity contribution in [1.29, 1.82) is 0 Å². The van der Waals surface area contributed by atoms with Crippen LogP contribution >= 0.6 is 0 Å². The molecule has 1 N–H and O–H groups in total. The van der Waals surface area contributed by atoms with Gasteiger partial charge in [0.2, 0.25) is 0 Å². The van der Waals surface area contributed by atoms with Gasteiger partial charge in [-0.15, -0.1) is 0 Å². The summed E-state index contributed by atoms with van der Waals surface area (Å²) in [5.41, 5.74) is 0.694. The van der Waals surface area contributed by atoms with Gasteiger partial charge in [-0.25, -0.2) is 4.98 Å². The van der Waals surface area contributed by atoms with Crippen LogP contribution in [0.1, 0.15) is 36.0 Å². The summed E-state index contributed by atoms with van der Waals surface area (Å²) in [7, 11) is 3.83. The third-order valence-electron chi connectivity index (χ3n) is 3.78. The lowest BCUT2D eigenvalue weighted by atomic mass is 10.1. The maximum Gasteiger partial charge on any atom is 0.254 e. The molecule has 5 heteroatoms. The number of aliphatic hydroxyl groups is 1. The van der Waals surface area contributed by atoms with Gasteiger partial charge in [-0.05, 0) is 37.8 Å². The van der Waals surface area contributed by atoms with E-state index in [0.717, 1.165) is 38.0 Å². The molecule has 1 saturated heterocycles. The minimum atomic E-state index is 0.0796. The summed E-state index contributed by atoms with van der Waals surface area (Å²) in [5.74, 6) is 0.873. The summed E-state index contributed by atoms with van der Waals surface area (Å²) < 4.78 is 0. The first kappa shape index (κ1) is 14.8. The number of aliphatic hydroxyl groups excluding tert-OH is 1. The fraction of sp³-hybridized carbons (Fsp3) is 0.600. The highest BCUT2D eigenvalue weighted by molar-refractivity contribution is 5.95. The van der Waals surface area contributed by atoms with Crippen LogP contribution in [-0.2, 0) is 0 Å². The molecule has 5 nitrogen and oxygen atoms in total. The molecule has 0 bridgehead atoms. The normalized spacial score (nSPS) is 18.4. The maximum absolute atomic E-state index is 12.6. The lowest BCUT2D eigenvalue weighted by Gasteiger charge is -2.25. The minimum absolute atomic E-state index is 0.0796. The fourth-order valence-corrected chi connectivity index (χ4v) is 2.69. The van der Waals surface area contributed by atoms with Gasteiger partial charge in [0, 0.05) is 45.0 Å². The number of nitrogens with zero attached hydrogens (tertiary/aromatic N) is 3. The number of aromatic nitrogens is 1. The Bertz CT molecular complexity index is 462. The van der Waals surface area contributed by atoms with Gasteiger partial charge in [0.05, 0.1) is 0 Å². The second-order valence-corrected chi connectivity index (χ2v) is 5.46. The SMILES string of the molecule is CN(C)c1cc(C(=O)N2CCCC2CCCO)ccn1. The number of carbonyl (C=O) groups is 1. The van der Waals surface area contributed by atoms with Crippen molar-refractivity contribution < 1.29 is 9.90 Å². The summed E-state index contributed by atoms with van der Waals surface area (Å²) in [4.78, 5) is 20.7. The van der Waals surface area contributed by atoms with Gasteiger partial charge in [0.15, 0.2) is 0 Å². The van der Waals surface area contributed by atoms with Gasteiger partial charge in [-0.1, -0.05) is 0 Å². The van der Waals surface area contributed by atoms with E-state index >= 15 is 0 Å². The van der Waals surface area contributed by atoms with E-state index in [1.807, 2.05) is 30.0 Å². The Labute approximate surface area is 120 Å². The zero-order valence-corrected chi connectivity index (χ0v) is 12.2. The number of anilines is 1. The molecule has 2 rings (SSSR count). The summed E-state index contributed by atoms with van der Waals surface area (Å²) in [6, 6.07) is 3.88. The van der Waals surface area contributed by atoms with E-state index < -0.39 is 0 Å². The zero-order valence-electron chi connectivity index (χ0n) is 12.2. The molecule has 1 aromatic rings. The molecule has 1 fully saturated rings. The number of carbonyl (C=O) groups excluding carboxylic acids is 1. The second kappa shape index (κ2) is 6.70. The van der Waals surface area contributed by atoms with Crippen molar-refractivity contribution in [2.45, 2.75) is 31.7 Å². The van der Waals surface area contributed by atoms with E-state index in [0.29, 0.717) is 5.56 Å². The molecule has 1 atom stereocenters. The third-order valence-corrected chi connectivity index (χ3v) is 3.78. The Balaban J connectivity index is 2.11. The van der Waals surface area contributed by atoms with Crippen LogP contribution in [0.25, 0.3) is 0 Å². The van der Waals surface area contributed by atoms with Crippen molar-refractivity contribution in [3.63, 3.8) is 0 Å². The van der Waals surface area contributed by atoms with E-state index in [4.69, 9.17) is 5.11 Å². The van der Waals surface area contributed by atoms with E-state index in [1.165, 1.54) is 0 Å². The molecule has 0 aliphatic carbocycles. The average molecular weight is 277 g/mol. The van der Waals surface area contributed by atoms with E-state index in [9.17, 15) is 4.79 Å². The zero-order chi connectivity index (χ0) is 14.5. The van der Waals surface area contributed by atoms with Crippen LogP contribution < -0.4 is 4.90 Å². The van der Waals surface area contributed by atoms with E-state index in [-0.39, 0.29) is 18.6 Å². The highest BCUT2D eigenvalue weighted by Gasteiger charge is 2.29. The number of amides is 1. The average Bonchev–Trinajstić information content (AvgIpc) is 2.92. The lowest BCUT2D eigenvalue weighted by Crippen LogP contribution is -2.35. The molecule has 1 aliphatic heterocycles. The molecule has 0 spiro atoms. The number of hydrogen-bond donors (Lipinski definition) is 1. The molecule has 1 unspecified atom stereocenters. The van der Waals surface area contributed by atoms with Gasteiger partial charge in [0.25, 0.3) is 5.91 Å². The van der Waals surface area contributed by atoms with Crippen molar-refractivity contribution in [3.8, 4) is 0 Å². The van der Waals surface area contributed by atoms with Crippen molar-refractivity contribution in [1.82, 2.24) is 9.88 Å². The Morgan fingerprint density at radius 2 is 2.35 bits per heavy atom. The van der Waals surface area contributed by atoms with Crippen LogP contribution in [0.4, 0.5) is 5.82 Å². The van der Waals surface area contributed by atoms with Gasteiger partial charge in [-0.3, -0.25) is 4.79 Å². The molecule has 1 aromatic heterocycles. The van der Waals surface area contributed by atoms with Crippen LogP contribution in [0, 0.1) is 0 Å². The summed E-state index contributed by atoms with van der Waals surface area (Å²) in [6.07, 6.45) is 5.41. The first-order valence-electron chi connectivity index (χ1n) is 7.18. The molecule has 110 valence electrons. The van der Waals surface area contributed by atoms with Gasteiger partial charge < -0.3 is 14.9 Å². The standard InChI is InChI=1S/C15H23N3O2/c1-17(2)14-11-12(7-8-16-14)15(20)18-9-3-5-13(18)6-4-10-19/h7-8,11,13,19H,3-6,9-10H2,1-2H3. The monoisotopic (exact) mass is 277 g/mol. The number of hydrogen-bond acceptors (Lipinski definition) is 4. The molecular formula is C15H23N3O2. The molecule has 0 saturated carbocycles. The third kappa shape index (κ3) is 3.28. The predicted molar refractivity (Wildman–Crippen MR) is 78.9 cm³/mol. The second-order valence-electron chi connectivity index (χ2n) is 5.46. The molecule has 0 radical (unpaired) electrons. The Hall–Kier alpha value is -1.62. The van der Waals surface area contributed by atoms with Gasteiger partial charge in [-0.2, -0.15) is 0 Å². The summed E-state index contributed by atoms with van der Waals surface area (Å²) in [5, 5.41) is 8.95. The van der Waals surface area contributed by atoms with Crippen molar-refractivity contribution in [2.24, 2.45) is 0 Å². The van der Waals surface area contributed by atoms with Crippen molar-refractivity contribution in [2.75, 3.05) is 32.1 Å². The van der Waals surface area contributed by atoms with Crippen LogP contribution in [0.5, 0.6) is 0 Å². The fourth-order valence-electron chi connectivity index (χ4n) is 2.69. The summed E-state index contributed by atoms with van der Waals surface area (Å²) in [6.45, 7) is 1.01. The lowest BCUT2D eigenvalue weighted by molar-refractivity contribution is 0.0724. The first-order valence-corrected chi connectivity index (χ1v) is 7.18. The highest BCUT2D eigenvalue weighted by Crippen LogP contribution is 2.24.